The molecule has 2 aliphatic heterocycles. The first kappa shape index (κ1) is 24.3. The number of hydrogen-bond acceptors (Lipinski definition) is 4. The molecule has 0 spiro atoms. The molecule has 35 heavy (non-hydrogen) atoms. The Morgan fingerprint density at radius 1 is 1.26 bits per heavy atom. The van der Waals surface area contributed by atoms with Crippen molar-refractivity contribution in [2.24, 2.45) is 0 Å². The zero-order valence-electron chi connectivity index (χ0n) is 20.8. The van der Waals surface area contributed by atoms with Crippen molar-refractivity contribution in [2.45, 2.75) is 80.6 Å². The van der Waals surface area contributed by atoms with E-state index in [1.54, 1.807) is 11.8 Å². The maximum absolute atomic E-state index is 13.4. The predicted octanol–water partition coefficient (Wildman–Crippen LogP) is 5.45. The van der Waals surface area contributed by atoms with Crippen LogP contribution in [0.5, 0.6) is 0 Å². The largest absolute Gasteiger partial charge is 0.390 e. The van der Waals surface area contributed by atoms with Gasteiger partial charge in [0.15, 0.2) is 0 Å². The van der Waals surface area contributed by atoms with Gasteiger partial charge < -0.3 is 20.3 Å². The highest BCUT2D eigenvalue weighted by Crippen LogP contribution is 2.40. The lowest BCUT2D eigenvalue weighted by Crippen LogP contribution is -2.42. The standard InChI is InChI=1S/C29H37N3O2S/c1-3-4-7-22(16-21-19-30-25-9-6-5-8-24(21)25)31-28(33)27-17-20-10-11-23(18-26(20)35-27)32-14-12-29(2,34)13-15-32/h5-6,8-11,18-19,22,27,30,34H,3-4,7,12-17H2,1-2H3,(H,31,33). The number of unbranched alkanes of at least 4 members (excludes halogenated alkanes) is 1. The highest BCUT2D eigenvalue weighted by atomic mass is 32.2. The number of anilines is 1. The molecular formula is C29H37N3O2S. The normalized spacial score (nSPS) is 20.1. The number of nitrogens with zero attached hydrogens (tertiary/aromatic N) is 1. The van der Waals surface area contributed by atoms with Crippen molar-refractivity contribution in [3.63, 3.8) is 0 Å². The molecular weight excluding hydrogens is 454 g/mol. The van der Waals surface area contributed by atoms with Crippen LogP contribution in [-0.4, -0.2) is 46.0 Å². The van der Waals surface area contributed by atoms with Crippen molar-refractivity contribution < 1.29 is 9.90 Å². The van der Waals surface area contributed by atoms with Gasteiger partial charge in [-0.1, -0.05) is 44.0 Å². The van der Waals surface area contributed by atoms with Crippen LogP contribution in [0.25, 0.3) is 10.9 Å². The summed E-state index contributed by atoms with van der Waals surface area (Å²) in [7, 11) is 0. The molecule has 1 fully saturated rings. The molecule has 5 rings (SSSR count). The molecule has 2 unspecified atom stereocenters. The van der Waals surface area contributed by atoms with Gasteiger partial charge in [-0.25, -0.2) is 0 Å². The molecule has 3 N–H and O–H groups in total. The number of aromatic nitrogens is 1. The summed E-state index contributed by atoms with van der Waals surface area (Å²) >= 11 is 1.70. The van der Waals surface area contributed by atoms with E-state index in [0.29, 0.717) is 0 Å². The van der Waals surface area contributed by atoms with E-state index in [4.69, 9.17) is 0 Å². The summed E-state index contributed by atoms with van der Waals surface area (Å²) in [4.78, 5) is 20.3. The summed E-state index contributed by atoms with van der Waals surface area (Å²) in [5, 5.41) is 14.9. The third kappa shape index (κ3) is 5.54. The summed E-state index contributed by atoms with van der Waals surface area (Å²) in [6.45, 7) is 5.87. The molecule has 1 saturated heterocycles. The Hall–Kier alpha value is -2.44. The Balaban J connectivity index is 1.23. The molecule has 0 bridgehead atoms. The van der Waals surface area contributed by atoms with Crippen molar-refractivity contribution in [1.82, 2.24) is 10.3 Å². The van der Waals surface area contributed by atoms with E-state index < -0.39 is 5.60 Å². The number of nitrogens with one attached hydrogen (secondary N) is 2. The van der Waals surface area contributed by atoms with Gasteiger partial charge >= 0.3 is 0 Å². The van der Waals surface area contributed by atoms with E-state index in [1.165, 1.54) is 27.1 Å². The molecule has 1 amide bonds. The van der Waals surface area contributed by atoms with Crippen LogP contribution in [0.2, 0.25) is 0 Å². The number of amides is 1. The molecule has 0 saturated carbocycles. The highest BCUT2D eigenvalue weighted by molar-refractivity contribution is 8.01. The second kappa shape index (κ2) is 10.3. The first-order chi connectivity index (χ1) is 16.9. The van der Waals surface area contributed by atoms with Crippen LogP contribution in [0.4, 0.5) is 5.69 Å². The third-order valence-corrected chi connectivity index (χ3v) is 8.92. The van der Waals surface area contributed by atoms with E-state index in [0.717, 1.165) is 63.6 Å². The van der Waals surface area contributed by atoms with Gasteiger partial charge in [0, 0.05) is 46.8 Å². The fourth-order valence-electron chi connectivity index (χ4n) is 5.34. The SMILES string of the molecule is CCCCC(Cc1c[nH]c2ccccc12)NC(=O)C1Cc2ccc(N3CCC(C)(O)CC3)cc2S1. The number of benzene rings is 2. The van der Waals surface area contributed by atoms with Gasteiger partial charge in [0.05, 0.1) is 10.9 Å². The first-order valence-corrected chi connectivity index (χ1v) is 13.9. The Labute approximate surface area is 212 Å². The van der Waals surface area contributed by atoms with Gasteiger partial charge in [-0.3, -0.25) is 4.79 Å². The van der Waals surface area contributed by atoms with Crippen molar-refractivity contribution in [3.8, 4) is 0 Å². The van der Waals surface area contributed by atoms with Gasteiger partial charge in [0.1, 0.15) is 0 Å². The first-order valence-electron chi connectivity index (χ1n) is 13.0. The van der Waals surface area contributed by atoms with Crippen LogP contribution >= 0.6 is 11.8 Å². The number of thioether (sulfide) groups is 1. The van der Waals surface area contributed by atoms with Crippen molar-refractivity contribution in [1.29, 1.82) is 0 Å². The monoisotopic (exact) mass is 491 g/mol. The van der Waals surface area contributed by atoms with Gasteiger partial charge in [0.25, 0.3) is 0 Å². The minimum absolute atomic E-state index is 0.0746. The minimum atomic E-state index is -0.549. The van der Waals surface area contributed by atoms with Crippen molar-refractivity contribution >= 4 is 34.3 Å². The number of aliphatic hydroxyl groups is 1. The van der Waals surface area contributed by atoms with E-state index in [-0.39, 0.29) is 17.2 Å². The minimum Gasteiger partial charge on any atom is -0.390 e. The molecule has 186 valence electrons. The topological polar surface area (TPSA) is 68.4 Å². The number of carbonyl (C=O) groups is 1. The molecule has 0 radical (unpaired) electrons. The van der Waals surface area contributed by atoms with Crippen LogP contribution in [0, 0.1) is 0 Å². The fraction of sp³-hybridized carbons (Fsp3) is 0.483. The zero-order chi connectivity index (χ0) is 24.4. The number of rotatable bonds is 8. The van der Waals surface area contributed by atoms with E-state index in [1.807, 2.05) is 13.0 Å². The average Bonchev–Trinajstić information content (AvgIpc) is 3.46. The summed E-state index contributed by atoms with van der Waals surface area (Å²) in [6, 6.07) is 15.1. The van der Waals surface area contributed by atoms with Gasteiger partial charge in [0.2, 0.25) is 5.91 Å². The number of aromatic amines is 1. The smallest absolute Gasteiger partial charge is 0.234 e. The maximum Gasteiger partial charge on any atom is 0.234 e. The van der Waals surface area contributed by atoms with Crippen molar-refractivity contribution in [2.75, 3.05) is 18.0 Å². The molecule has 1 aromatic heterocycles. The van der Waals surface area contributed by atoms with Gasteiger partial charge in [-0.2, -0.15) is 0 Å². The summed E-state index contributed by atoms with van der Waals surface area (Å²) in [5.41, 5.74) is 4.34. The van der Waals surface area contributed by atoms with Gasteiger partial charge in [-0.05, 0) is 68.4 Å². The summed E-state index contributed by atoms with van der Waals surface area (Å²) in [6.07, 6.45) is 8.54. The lowest BCUT2D eigenvalue weighted by molar-refractivity contribution is -0.121. The van der Waals surface area contributed by atoms with Gasteiger partial charge in [-0.15, -0.1) is 11.8 Å². The summed E-state index contributed by atoms with van der Waals surface area (Å²) < 4.78 is 0. The molecule has 2 aliphatic rings. The highest BCUT2D eigenvalue weighted by Gasteiger charge is 2.32. The fourth-order valence-corrected chi connectivity index (χ4v) is 6.58. The molecule has 3 heterocycles. The van der Waals surface area contributed by atoms with E-state index in [9.17, 15) is 9.90 Å². The molecule has 2 atom stereocenters. The second-order valence-electron chi connectivity index (χ2n) is 10.5. The van der Waals surface area contributed by atoms with Crippen LogP contribution in [0.15, 0.2) is 53.6 Å². The average molecular weight is 492 g/mol. The third-order valence-electron chi connectivity index (χ3n) is 7.62. The molecule has 0 aliphatic carbocycles. The van der Waals surface area contributed by atoms with Crippen LogP contribution < -0.4 is 10.2 Å². The predicted molar refractivity (Wildman–Crippen MR) is 145 cm³/mol. The van der Waals surface area contributed by atoms with E-state index >= 15 is 0 Å². The van der Waals surface area contributed by atoms with E-state index in [2.05, 4.69) is 64.7 Å². The Morgan fingerprint density at radius 2 is 2.06 bits per heavy atom. The number of H-pyrrole nitrogens is 1. The van der Waals surface area contributed by atoms with Crippen LogP contribution in [0.1, 0.15) is 57.1 Å². The quantitative estimate of drug-likeness (QED) is 0.392. The summed E-state index contributed by atoms with van der Waals surface area (Å²) in [5.74, 6) is 0.155. The maximum atomic E-state index is 13.4. The second-order valence-corrected chi connectivity index (χ2v) is 11.7. The number of fused-ring (bicyclic) bond motifs is 2. The molecule has 5 nitrogen and oxygen atoms in total. The Bertz CT molecular complexity index is 1180. The lowest BCUT2D eigenvalue weighted by atomic mass is 9.93. The Kier molecular flexibility index (Phi) is 7.12. The Morgan fingerprint density at radius 3 is 2.86 bits per heavy atom. The lowest BCUT2D eigenvalue weighted by Gasteiger charge is -2.37. The molecule has 6 heteroatoms. The molecule has 2 aromatic carbocycles. The van der Waals surface area contributed by atoms with Crippen molar-refractivity contribution in [3.05, 3.63) is 59.8 Å². The number of piperidine rings is 1. The van der Waals surface area contributed by atoms with Crippen LogP contribution in [0.3, 0.4) is 0 Å². The van der Waals surface area contributed by atoms with Crippen LogP contribution in [-0.2, 0) is 17.6 Å². The number of para-hydroxylation sites is 1. The number of carbonyl (C=O) groups excluding carboxylic acids is 1. The molecule has 3 aromatic rings. The number of hydrogen-bond donors (Lipinski definition) is 3. The zero-order valence-corrected chi connectivity index (χ0v) is 21.7.